The summed E-state index contributed by atoms with van der Waals surface area (Å²) in [6, 6.07) is 21.5. The molecule has 2 atom stereocenters. The number of halogens is 3. The SMILES string of the molecule is NCCCC[C@@H](NC(=O)CCCCNc1ccccn1)C(=O)NC(CC(=O)O)c1ccc(-c2ccccc2)cc1.O=C(O)C(F)(F)F. The van der Waals surface area contributed by atoms with Crippen molar-refractivity contribution in [3.63, 3.8) is 0 Å². The molecule has 47 heavy (non-hydrogen) atoms. The molecular formula is C33H40F3N5O6. The third-order valence-electron chi connectivity index (χ3n) is 6.76. The summed E-state index contributed by atoms with van der Waals surface area (Å²) >= 11 is 0. The van der Waals surface area contributed by atoms with E-state index in [0.717, 1.165) is 29.8 Å². The molecule has 7 N–H and O–H groups in total. The van der Waals surface area contributed by atoms with Gasteiger partial charge in [-0.15, -0.1) is 0 Å². The Morgan fingerprint density at radius 2 is 1.45 bits per heavy atom. The smallest absolute Gasteiger partial charge is 0.481 e. The third-order valence-corrected chi connectivity index (χ3v) is 6.76. The summed E-state index contributed by atoms with van der Waals surface area (Å²) in [5, 5.41) is 25.6. The summed E-state index contributed by atoms with van der Waals surface area (Å²) in [4.78, 5) is 50.7. The number of benzene rings is 2. The molecular weight excluding hydrogens is 619 g/mol. The molecule has 1 unspecified atom stereocenters. The number of rotatable bonds is 17. The van der Waals surface area contributed by atoms with Crippen molar-refractivity contribution in [3.05, 3.63) is 84.6 Å². The Balaban J connectivity index is 0.000000984. The number of carbonyl (C=O) groups excluding carboxylic acids is 2. The number of carbonyl (C=O) groups is 4. The number of pyridine rings is 1. The minimum atomic E-state index is -5.08. The van der Waals surface area contributed by atoms with E-state index in [1.165, 1.54) is 0 Å². The highest BCUT2D eigenvalue weighted by Crippen LogP contribution is 2.24. The van der Waals surface area contributed by atoms with E-state index < -0.39 is 36.1 Å². The van der Waals surface area contributed by atoms with Crippen LogP contribution in [0.1, 0.15) is 56.6 Å². The van der Waals surface area contributed by atoms with Crippen LogP contribution in [0.2, 0.25) is 0 Å². The molecule has 0 spiro atoms. The summed E-state index contributed by atoms with van der Waals surface area (Å²) in [6.45, 7) is 1.17. The van der Waals surface area contributed by atoms with E-state index in [0.29, 0.717) is 37.9 Å². The molecule has 254 valence electrons. The number of carboxylic acids is 2. The van der Waals surface area contributed by atoms with Crippen LogP contribution < -0.4 is 21.7 Å². The number of alkyl halides is 3. The molecule has 0 fully saturated rings. The second-order valence-electron chi connectivity index (χ2n) is 10.5. The average molecular weight is 660 g/mol. The predicted molar refractivity (Wildman–Crippen MR) is 170 cm³/mol. The first-order valence-electron chi connectivity index (χ1n) is 15.0. The van der Waals surface area contributed by atoms with E-state index in [1.807, 2.05) is 72.8 Å². The van der Waals surface area contributed by atoms with Gasteiger partial charge in [-0.05, 0) is 67.5 Å². The summed E-state index contributed by atoms with van der Waals surface area (Å²) < 4.78 is 31.7. The van der Waals surface area contributed by atoms with E-state index in [-0.39, 0.29) is 18.7 Å². The van der Waals surface area contributed by atoms with Crippen LogP contribution in [0.15, 0.2) is 79.0 Å². The van der Waals surface area contributed by atoms with Crippen LogP contribution in [0.5, 0.6) is 0 Å². The Kier molecular flexibility index (Phi) is 16.4. The van der Waals surface area contributed by atoms with Gasteiger partial charge < -0.3 is 31.9 Å². The van der Waals surface area contributed by atoms with Gasteiger partial charge in [0.1, 0.15) is 11.9 Å². The van der Waals surface area contributed by atoms with Gasteiger partial charge in [0.15, 0.2) is 0 Å². The van der Waals surface area contributed by atoms with Gasteiger partial charge in [0.25, 0.3) is 0 Å². The zero-order valence-corrected chi connectivity index (χ0v) is 25.7. The number of hydrogen-bond donors (Lipinski definition) is 6. The van der Waals surface area contributed by atoms with E-state index in [4.69, 9.17) is 15.6 Å². The number of nitrogens with one attached hydrogen (secondary N) is 3. The Bertz CT molecular complexity index is 1390. The minimum absolute atomic E-state index is 0.215. The second kappa shape index (κ2) is 20.2. The molecule has 0 aliphatic heterocycles. The predicted octanol–water partition coefficient (Wildman–Crippen LogP) is 4.91. The molecule has 0 radical (unpaired) electrons. The molecule has 1 heterocycles. The van der Waals surface area contributed by atoms with Crippen molar-refractivity contribution < 1.29 is 42.6 Å². The van der Waals surface area contributed by atoms with Crippen molar-refractivity contribution in [2.45, 2.75) is 63.2 Å². The lowest BCUT2D eigenvalue weighted by Gasteiger charge is -2.23. The molecule has 0 aliphatic carbocycles. The summed E-state index contributed by atoms with van der Waals surface area (Å²) in [6.07, 6.45) is -0.134. The number of carboxylic acid groups (broad SMARTS) is 2. The monoisotopic (exact) mass is 659 g/mol. The molecule has 3 aromatic rings. The van der Waals surface area contributed by atoms with Crippen LogP contribution in [0.25, 0.3) is 11.1 Å². The van der Waals surface area contributed by atoms with Crippen LogP contribution in [-0.4, -0.2) is 64.3 Å². The number of anilines is 1. The van der Waals surface area contributed by atoms with Crippen molar-refractivity contribution in [1.29, 1.82) is 0 Å². The largest absolute Gasteiger partial charge is 0.490 e. The number of hydrogen-bond acceptors (Lipinski definition) is 7. The average Bonchev–Trinajstić information content (AvgIpc) is 3.04. The first kappa shape index (κ1) is 38.2. The third kappa shape index (κ3) is 15.2. The Labute approximate surface area is 270 Å². The zero-order chi connectivity index (χ0) is 34.7. The van der Waals surface area contributed by atoms with Crippen molar-refractivity contribution in [2.75, 3.05) is 18.4 Å². The second-order valence-corrected chi connectivity index (χ2v) is 10.5. The molecule has 0 saturated heterocycles. The van der Waals surface area contributed by atoms with Crippen molar-refractivity contribution in [3.8, 4) is 11.1 Å². The van der Waals surface area contributed by atoms with Gasteiger partial charge in [0, 0.05) is 19.2 Å². The molecule has 14 heteroatoms. The lowest BCUT2D eigenvalue weighted by atomic mass is 9.98. The molecule has 2 amide bonds. The van der Waals surface area contributed by atoms with Crippen molar-refractivity contribution in [1.82, 2.24) is 15.6 Å². The fourth-order valence-electron chi connectivity index (χ4n) is 4.36. The van der Waals surface area contributed by atoms with Crippen LogP contribution >= 0.6 is 0 Å². The zero-order valence-electron chi connectivity index (χ0n) is 25.7. The molecule has 1 aromatic heterocycles. The fraction of sp³-hybridized carbons (Fsp3) is 0.364. The van der Waals surface area contributed by atoms with Gasteiger partial charge in [0.05, 0.1) is 12.5 Å². The molecule has 0 bridgehead atoms. The summed E-state index contributed by atoms with van der Waals surface area (Å²) in [5.74, 6) is -3.62. The maximum absolute atomic E-state index is 13.3. The van der Waals surface area contributed by atoms with Crippen LogP contribution in [-0.2, 0) is 19.2 Å². The van der Waals surface area contributed by atoms with Crippen LogP contribution in [0, 0.1) is 0 Å². The molecule has 0 saturated carbocycles. The highest BCUT2D eigenvalue weighted by Gasteiger charge is 2.38. The minimum Gasteiger partial charge on any atom is -0.481 e. The molecule has 0 aliphatic rings. The lowest BCUT2D eigenvalue weighted by molar-refractivity contribution is -0.192. The van der Waals surface area contributed by atoms with E-state index >= 15 is 0 Å². The maximum Gasteiger partial charge on any atom is 0.490 e. The number of unbranched alkanes of at least 4 members (excludes halogenated alkanes) is 2. The number of aromatic nitrogens is 1. The van der Waals surface area contributed by atoms with Gasteiger partial charge >= 0.3 is 18.1 Å². The molecule has 3 rings (SSSR count). The Morgan fingerprint density at radius 3 is 2.02 bits per heavy atom. The van der Waals surface area contributed by atoms with Gasteiger partial charge in [-0.2, -0.15) is 13.2 Å². The standard InChI is InChI=1S/C31H39N5O4.C2HF3O2/c32-19-7-4-12-26(35-29(37)14-6-9-21-34-28-13-5-8-20-33-28)31(40)36-27(22-30(38)39)25-17-15-24(16-18-25)23-10-2-1-3-11-23;3-2(4,5)1(6)7/h1-3,5,8,10-11,13,15-18,20,26-27H,4,6-7,9,12,14,19,21-22,32H2,(H,33,34)(H,35,37)(H,36,40)(H,38,39);(H,6,7)/t26-,27?;/m1./s1. The van der Waals surface area contributed by atoms with Gasteiger partial charge in [-0.1, -0.05) is 60.7 Å². The number of aliphatic carboxylic acids is 2. The highest BCUT2D eigenvalue weighted by molar-refractivity contribution is 5.88. The Hall–Kier alpha value is -4.98. The molecule has 11 nitrogen and oxygen atoms in total. The fourth-order valence-corrected chi connectivity index (χ4v) is 4.36. The first-order chi connectivity index (χ1) is 22.4. The highest BCUT2D eigenvalue weighted by atomic mass is 19.4. The maximum atomic E-state index is 13.3. The number of amides is 2. The van der Waals surface area contributed by atoms with Gasteiger partial charge in [0.2, 0.25) is 11.8 Å². The summed E-state index contributed by atoms with van der Waals surface area (Å²) in [7, 11) is 0. The topological polar surface area (TPSA) is 184 Å². The van der Waals surface area contributed by atoms with E-state index in [2.05, 4.69) is 20.9 Å². The first-order valence-corrected chi connectivity index (χ1v) is 15.0. The quantitative estimate of drug-likeness (QED) is 0.110. The lowest BCUT2D eigenvalue weighted by Crippen LogP contribution is -2.48. The molecule has 2 aromatic carbocycles. The van der Waals surface area contributed by atoms with Crippen LogP contribution in [0.3, 0.4) is 0 Å². The Morgan fingerprint density at radius 1 is 0.809 bits per heavy atom. The number of nitrogens with two attached hydrogens (primary N) is 1. The summed E-state index contributed by atoms with van der Waals surface area (Å²) in [5.41, 5.74) is 8.35. The van der Waals surface area contributed by atoms with Gasteiger partial charge in [-0.3, -0.25) is 14.4 Å². The van der Waals surface area contributed by atoms with E-state index in [1.54, 1.807) is 6.20 Å². The van der Waals surface area contributed by atoms with Gasteiger partial charge in [-0.25, -0.2) is 9.78 Å². The van der Waals surface area contributed by atoms with Crippen molar-refractivity contribution in [2.24, 2.45) is 5.73 Å². The van der Waals surface area contributed by atoms with Crippen molar-refractivity contribution >= 4 is 29.6 Å². The normalized spacial score (nSPS) is 12.1. The van der Waals surface area contributed by atoms with E-state index in [9.17, 15) is 32.7 Å². The number of nitrogens with zero attached hydrogens (tertiary/aromatic N) is 1. The van der Waals surface area contributed by atoms with Crippen LogP contribution in [0.4, 0.5) is 19.0 Å².